The average molecular weight is 358 g/mol. The van der Waals surface area contributed by atoms with E-state index in [0.29, 0.717) is 39.2 Å². The van der Waals surface area contributed by atoms with E-state index < -0.39 is 10.0 Å². The Hall–Kier alpha value is -0.960. The summed E-state index contributed by atoms with van der Waals surface area (Å²) in [6, 6.07) is 3.93. The summed E-state index contributed by atoms with van der Waals surface area (Å²) in [6.45, 7) is 2.52. The predicted octanol–water partition coefficient (Wildman–Crippen LogP) is 0.800. The Morgan fingerprint density at radius 3 is 2.91 bits per heavy atom. The lowest BCUT2D eigenvalue weighted by Crippen LogP contribution is -2.49. The molecule has 0 spiro atoms. The second-order valence-corrected chi connectivity index (χ2v) is 9.19. The molecule has 2 aliphatic heterocycles. The summed E-state index contributed by atoms with van der Waals surface area (Å²) in [7, 11) is -3.19. The molecule has 2 saturated heterocycles. The second kappa shape index (κ2) is 6.88. The van der Waals surface area contributed by atoms with Crippen LogP contribution in [0.5, 0.6) is 0 Å². The Kier molecular flexibility index (Phi) is 5.05. The normalized spacial score (nSPS) is 26.6. The van der Waals surface area contributed by atoms with Gasteiger partial charge in [-0.3, -0.25) is 4.79 Å². The average Bonchev–Trinajstić information content (AvgIpc) is 2.89. The van der Waals surface area contributed by atoms with Crippen LogP contribution in [0.3, 0.4) is 0 Å². The third-order valence-corrected chi connectivity index (χ3v) is 6.68. The zero-order chi connectivity index (χ0) is 16.4. The lowest BCUT2D eigenvalue weighted by Gasteiger charge is -2.37. The molecule has 23 heavy (non-hydrogen) atoms. The molecule has 0 unspecified atom stereocenters. The van der Waals surface area contributed by atoms with Crippen molar-refractivity contribution in [3.05, 3.63) is 22.4 Å². The number of rotatable bonds is 3. The highest BCUT2D eigenvalue weighted by molar-refractivity contribution is 7.88. The molecule has 1 amide bonds. The maximum atomic E-state index is 12.4. The minimum Gasteiger partial charge on any atom is -0.375 e. The van der Waals surface area contributed by atoms with Crippen molar-refractivity contribution in [1.29, 1.82) is 0 Å². The quantitative estimate of drug-likeness (QED) is 0.802. The van der Waals surface area contributed by atoms with Crippen LogP contribution in [0.2, 0.25) is 0 Å². The number of thiophene rings is 1. The van der Waals surface area contributed by atoms with Gasteiger partial charge < -0.3 is 9.64 Å². The van der Waals surface area contributed by atoms with Crippen LogP contribution in [0.25, 0.3) is 0 Å². The van der Waals surface area contributed by atoms with Crippen LogP contribution in [0.15, 0.2) is 17.5 Å². The van der Waals surface area contributed by atoms with Crippen molar-refractivity contribution in [3.8, 4) is 0 Å². The highest BCUT2D eigenvalue weighted by atomic mass is 32.2. The van der Waals surface area contributed by atoms with Gasteiger partial charge in [-0.05, 0) is 17.9 Å². The van der Waals surface area contributed by atoms with Crippen LogP contribution >= 0.6 is 11.3 Å². The molecule has 2 aliphatic rings. The summed E-state index contributed by atoms with van der Waals surface area (Å²) in [6.07, 6.45) is 2.40. The molecular formula is C15H22N2O4S2. The van der Waals surface area contributed by atoms with Crippen molar-refractivity contribution in [2.45, 2.75) is 18.9 Å². The molecular weight excluding hydrogens is 336 g/mol. The van der Waals surface area contributed by atoms with Gasteiger partial charge in [0.2, 0.25) is 15.9 Å². The van der Waals surface area contributed by atoms with Crippen LogP contribution in [-0.2, 0) is 26.0 Å². The van der Waals surface area contributed by atoms with Gasteiger partial charge in [-0.25, -0.2) is 8.42 Å². The van der Waals surface area contributed by atoms with Gasteiger partial charge in [-0.1, -0.05) is 6.07 Å². The minimum absolute atomic E-state index is 0.0669. The number of amides is 1. The molecule has 2 fully saturated rings. The molecule has 1 aromatic rings. The number of piperidine rings is 1. The van der Waals surface area contributed by atoms with Gasteiger partial charge in [0, 0.05) is 37.0 Å². The van der Waals surface area contributed by atoms with Crippen molar-refractivity contribution in [1.82, 2.24) is 9.21 Å². The number of carbonyl (C=O) groups excluding carboxylic acids is 1. The lowest BCUT2D eigenvalue weighted by atomic mass is 9.93. The molecule has 128 valence electrons. The van der Waals surface area contributed by atoms with E-state index in [-0.39, 0.29) is 17.9 Å². The molecule has 2 atom stereocenters. The van der Waals surface area contributed by atoms with Crippen molar-refractivity contribution in [2.75, 3.05) is 39.0 Å². The van der Waals surface area contributed by atoms with Crippen LogP contribution in [0, 0.1) is 5.92 Å². The molecule has 0 aromatic carbocycles. The van der Waals surface area contributed by atoms with E-state index in [1.54, 1.807) is 11.3 Å². The summed E-state index contributed by atoms with van der Waals surface area (Å²) in [4.78, 5) is 15.3. The minimum atomic E-state index is -3.19. The molecule has 0 saturated carbocycles. The standard InChI is InChI=1S/C15H22N2O4S2/c1-23(19,20)17-6-7-21-14-11-16(5-4-12(14)10-17)15(18)9-13-3-2-8-22-13/h2-3,8,12,14H,4-7,9-11H2,1H3/t12-,14-/m1/s1. The number of ether oxygens (including phenoxy) is 1. The molecule has 1 aromatic heterocycles. The third-order valence-electron chi connectivity index (χ3n) is 4.53. The summed E-state index contributed by atoms with van der Waals surface area (Å²) >= 11 is 1.59. The highest BCUT2D eigenvalue weighted by Gasteiger charge is 2.36. The largest absolute Gasteiger partial charge is 0.375 e. The first-order chi connectivity index (χ1) is 10.9. The summed E-state index contributed by atoms with van der Waals surface area (Å²) < 4.78 is 30.9. The summed E-state index contributed by atoms with van der Waals surface area (Å²) in [5.41, 5.74) is 0. The molecule has 0 N–H and O–H groups in total. The first-order valence-corrected chi connectivity index (χ1v) is 10.5. The predicted molar refractivity (Wildman–Crippen MR) is 88.9 cm³/mol. The van der Waals surface area contributed by atoms with E-state index in [9.17, 15) is 13.2 Å². The Bertz CT molecular complexity index is 644. The van der Waals surface area contributed by atoms with E-state index in [0.717, 1.165) is 11.3 Å². The fourth-order valence-electron chi connectivity index (χ4n) is 3.22. The van der Waals surface area contributed by atoms with Gasteiger partial charge in [-0.15, -0.1) is 11.3 Å². The number of carbonyl (C=O) groups is 1. The first-order valence-electron chi connectivity index (χ1n) is 7.80. The van der Waals surface area contributed by atoms with Gasteiger partial charge in [0.1, 0.15) is 0 Å². The van der Waals surface area contributed by atoms with Gasteiger partial charge in [0.25, 0.3) is 0 Å². The number of sulfonamides is 1. The monoisotopic (exact) mass is 358 g/mol. The van der Waals surface area contributed by atoms with Crippen LogP contribution in [-0.4, -0.2) is 68.7 Å². The molecule has 0 bridgehead atoms. The Labute approximate surface area is 141 Å². The van der Waals surface area contributed by atoms with Crippen molar-refractivity contribution in [2.24, 2.45) is 5.92 Å². The van der Waals surface area contributed by atoms with E-state index in [1.165, 1.54) is 10.6 Å². The smallest absolute Gasteiger partial charge is 0.227 e. The molecule has 8 heteroatoms. The molecule has 0 radical (unpaired) electrons. The van der Waals surface area contributed by atoms with Crippen molar-refractivity contribution >= 4 is 27.3 Å². The summed E-state index contributed by atoms with van der Waals surface area (Å²) in [5.74, 6) is 0.289. The molecule has 6 nitrogen and oxygen atoms in total. The SMILES string of the molecule is CS(=O)(=O)N1CCO[C@@H]2CN(C(=O)Cc3cccs3)CC[C@@H]2C1. The van der Waals surface area contributed by atoms with Gasteiger partial charge in [0.15, 0.2) is 0 Å². The lowest BCUT2D eigenvalue weighted by molar-refractivity contribution is -0.136. The maximum absolute atomic E-state index is 12.4. The van der Waals surface area contributed by atoms with E-state index >= 15 is 0 Å². The molecule has 3 rings (SSSR count). The van der Waals surface area contributed by atoms with Gasteiger partial charge in [0.05, 0.1) is 25.4 Å². The van der Waals surface area contributed by atoms with E-state index in [2.05, 4.69) is 0 Å². The van der Waals surface area contributed by atoms with Crippen LogP contribution in [0.1, 0.15) is 11.3 Å². The van der Waals surface area contributed by atoms with Gasteiger partial charge in [-0.2, -0.15) is 4.31 Å². The Morgan fingerprint density at radius 1 is 1.39 bits per heavy atom. The van der Waals surface area contributed by atoms with Crippen LogP contribution in [0.4, 0.5) is 0 Å². The van der Waals surface area contributed by atoms with Crippen molar-refractivity contribution in [3.63, 3.8) is 0 Å². The number of fused-ring (bicyclic) bond motifs is 1. The zero-order valence-corrected chi connectivity index (χ0v) is 14.8. The third kappa shape index (κ3) is 4.12. The molecule has 3 heterocycles. The Balaban J connectivity index is 1.61. The zero-order valence-electron chi connectivity index (χ0n) is 13.2. The van der Waals surface area contributed by atoms with Crippen LogP contribution < -0.4 is 0 Å². The Morgan fingerprint density at radius 2 is 2.22 bits per heavy atom. The molecule has 0 aliphatic carbocycles. The first kappa shape index (κ1) is 16.9. The number of nitrogens with zero attached hydrogens (tertiary/aromatic N) is 2. The number of hydrogen-bond donors (Lipinski definition) is 0. The number of likely N-dealkylation sites (tertiary alicyclic amines) is 1. The second-order valence-electron chi connectivity index (χ2n) is 6.17. The van der Waals surface area contributed by atoms with Gasteiger partial charge >= 0.3 is 0 Å². The van der Waals surface area contributed by atoms with E-state index in [4.69, 9.17) is 4.74 Å². The maximum Gasteiger partial charge on any atom is 0.227 e. The summed E-state index contributed by atoms with van der Waals surface area (Å²) in [5, 5.41) is 1.98. The fraction of sp³-hybridized carbons (Fsp3) is 0.667. The topological polar surface area (TPSA) is 66.9 Å². The number of hydrogen-bond acceptors (Lipinski definition) is 5. The van der Waals surface area contributed by atoms with E-state index in [1.807, 2.05) is 22.4 Å². The fourth-order valence-corrected chi connectivity index (χ4v) is 4.79. The van der Waals surface area contributed by atoms with Crippen molar-refractivity contribution < 1.29 is 17.9 Å². The highest BCUT2D eigenvalue weighted by Crippen LogP contribution is 2.25.